The fraction of sp³-hybridized carbons (Fsp3) is 0.143. The van der Waals surface area contributed by atoms with E-state index in [4.69, 9.17) is 9.47 Å². The zero-order valence-corrected chi connectivity index (χ0v) is 19.5. The van der Waals surface area contributed by atoms with E-state index in [1.807, 2.05) is 60.7 Å². The van der Waals surface area contributed by atoms with Crippen molar-refractivity contribution in [1.29, 1.82) is 0 Å². The molecular formula is C28H27N3O3. The SMILES string of the molecule is COc1ccc(/C=N\NC(=O)c2ccc(-n3c(C)ccc3C)cc2)cc1OCc1ccccc1. The third-order valence-corrected chi connectivity index (χ3v) is 5.46. The fourth-order valence-electron chi connectivity index (χ4n) is 3.69. The summed E-state index contributed by atoms with van der Waals surface area (Å²) >= 11 is 0. The molecule has 1 aromatic heterocycles. The lowest BCUT2D eigenvalue weighted by Gasteiger charge is -2.11. The van der Waals surface area contributed by atoms with Crippen molar-refractivity contribution in [2.24, 2.45) is 5.10 Å². The first-order chi connectivity index (χ1) is 16.5. The standard InChI is InChI=1S/C28H27N3O3/c1-20-9-10-21(2)31(20)25-14-12-24(13-15-25)28(32)30-29-18-23-11-16-26(33-3)27(17-23)34-19-22-7-5-4-6-8-22/h4-18H,19H2,1-3H3,(H,30,32)/b29-18-. The van der Waals surface area contributed by atoms with Gasteiger partial charge in [0.1, 0.15) is 6.61 Å². The minimum atomic E-state index is -0.280. The molecule has 0 radical (unpaired) electrons. The van der Waals surface area contributed by atoms with E-state index >= 15 is 0 Å². The lowest BCUT2D eigenvalue weighted by Crippen LogP contribution is -2.17. The van der Waals surface area contributed by atoms with Crippen LogP contribution in [-0.2, 0) is 6.61 Å². The number of methoxy groups -OCH3 is 1. The van der Waals surface area contributed by atoms with Gasteiger partial charge in [-0.2, -0.15) is 5.10 Å². The summed E-state index contributed by atoms with van der Waals surface area (Å²) in [4.78, 5) is 12.5. The maximum absolute atomic E-state index is 12.5. The molecule has 0 saturated heterocycles. The van der Waals surface area contributed by atoms with E-state index in [0.29, 0.717) is 23.7 Å². The Bertz CT molecular complexity index is 1270. The minimum Gasteiger partial charge on any atom is -0.493 e. The van der Waals surface area contributed by atoms with Gasteiger partial charge in [-0.05, 0) is 79.6 Å². The molecular weight excluding hydrogens is 426 g/mol. The second kappa shape index (κ2) is 10.5. The lowest BCUT2D eigenvalue weighted by molar-refractivity contribution is 0.0955. The van der Waals surface area contributed by atoms with Crippen LogP contribution in [-0.4, -0.2) is 23.8 Å². The molecule has 0 aliphatic carbocycles. The summed E-state index contributed by atoms with van der Waals surface area (Å²) in [5.74, 6) is 0.955. The highest BCUT2D eigenvalue weighted by atomic mass is 16.5. The van der Waals surface area contributed by atoms with Crippen molar-refractivity contribution >= 4 is 12.1 Å². The van der Waals surface area contributed by atoms with Gasteiger partial charge in [-0.3, -0.25) is 4.79 Å². The number of nitrogens with zero attached hydrogens (tertiary/aromatic N) is 2. The number of aryl methyl sites for hydroxylation is 2. The summed E-state index contributed by atoms with van der Waals surface area (Å²) in [7, 11) is 1.60. The molecule has 4 rings (SSSR count). The number of ether oxygens (including phenoxy) is 2. The van der Waals surface area contributed by atoms with Gasteiger partial charge in [-0.25, -0.2) is 5.43 Å². The molecule has 1 N–H and O–H groups in total. The van der Waals surface area contributed by atoms with E-state index in [0.717, 1.165) is 28.2 Å². The molecule has 0 bridgehead atoms. The van der Waals surface area contributed by atoms with Crippen LogP contribution in [0, 0.1) is 13.8 Å². The molecule has 0 fully saturated rings. The van der Waals surface area contributed by atoms with Gasteiger partial charge in [0.2, 0.25) is 0 Å². The van der Waals surface area contributed by atoms with Crippen LogP contribution in [0.1, 0.15) is 32.9 Å². The molecule has 0 spiro atoms. The third-order valence-electron chi connectivity index (χ3n) is 5.46. The zero-order valence-electron chi connectivity index (χ0n) is 19.5. The van der Waals surface area contributed by atoms with Crippen molar-refractivity contribution in [3.63, 3.8) is 0 Å². The summed E-state index contributed by atoms with van der Waals surface area (Å²) in [6.45, 7) is 4.53. The molecule has 34 heavy (non-hydrogen) atoms. The number of carbonyl (C=O) groups excluding carboxylic acids is 1. The topological polar surface area (TPSA) is 64.8 Å². The molecule has 0 unspecified atom stereocenters. The highest BCUT2D eigenvalue weighted by molar-refractivity contribution is 5.95. The highest BCUT2D eigenvalue weighted by Crippen LogP contribution is 2.28. The Morgan fingerprint density at radius 2 is 1.62 bits per heavy atom. The Morgan fingerprint density at radius 3 is 2.29 bits per heavy atom. The lowest BCUT2D eigenvalue weighted by atomic mass is 10.2. The number of hydrogen-bond acceptors (Lipinski definition) is 4. The van der Waals surface area contributed by atoms with Gasteiger partial charge in [-0.15, -0.1) is 0 Å². The monoisotopic (exact) mass is 453 g/mol. The van der Waals surface area contributed by atoms with Gasteiger partial charge in [-0.1, -0.05) is 30.3 Å². The Hall–Kier alpha value is -4.32. The summed E-state index contributed by atoms with van der Waals surface area (Å²) in [6.07, 6.45) is 1.58. The van der Waals surface area contributed by atoms with E-state index in [1.165, 1.54) is 0 Å². The van der Waals surface area contributed by atoms with Gasteiger partial charge in [0.15, 0.2) is 11.5 Å². The van der Waals surface area contributed by atoms with Crippen molar-refractivity contribution in [3.05, 3.63) is 113 Å². The number of carbonyl (C=O) groups is 1. The van der Waals surface area contributed by atoms with Crippen molar-refractivity contribution in [2.75, 3.05) is 7.11 Å². The van der Waals surface area contributed by atoms with Crippen LogP contribution in [0.2, 0.25) is 0 Å². The first-order valence-corrected chi connectivity index (χ1v) is 11.0. The predicted molar refractivity (Wildman–Crippen MR) is 134 cm³/mol. The largest absolute Gasteiger partial charge is 0.493 e. The number of hydrazone groups is 1. The second-order valence-electron chi connectivity index (χ2n) is 7.88. The molecule has 6 nitrogen and oxygen atoms in total. The first kappa shape index (κ1) is 22.9. The van der Waals surface area contributed by atoms with Gasteiger partial charge in [0, 0.05) is 22.6 Å². The van der Waals surface area contributed by atoms with E-state index in [9.17, 15) is 4.79 Å². The van der Waals surface area contributed by atoms with Gasteiger partial charge in [0.25, 0.3) is 5.91 Å². The van der Waals surface area contributed by atoms with Crippen molar-refractivity contribution < 1.29 is 14.3 Å². The van der Waals surface area contributed by atoms with Crippen molar-refractivity contribution in [3.8, 4) is 17.2 Å². The Labute approximate surface area is 199 Å². The Morgan fingerprint density at radius 1 is 0.912 bits per heavy atom. The summed E-state index contributed by atoms with van der Waals surface area (Å²) in [5, 5.41) is 4.11. The molecule has 1 amide bonds. The molecule has 0 aliphatic rings. The number of hydrogen-bond donors (Lipinski definition) is 1. The van der Waals surface area contributed by atoms with Crippen LogP contribution in [0.15, 0.2) is 90.0 Å². The summed E-state index contributed by atoms with van der Waals surface area (Å²) in [5.41, 5.74) is 8.25. The molecule has 172 valence electrons. The van der Waals surface area contributed by atoms with Crippen LogP contribution in [0.5, 0.6) is 11.5 Å². The molecule has 4 aromatic rings. The van der Waals surface area contributed by atoms with Crippen LogP contribution in [0.3, 0.4) is 0 Å². The van der Waals surface area contributed by atoms with Gasteiger partial charge >= 0.3 is 0 Å². The molecule has 0 saturated carbocycles. The predicted octanol–water partition coefficient (Wildman–Crippen LogP) is 5.45. The molecule has 3 aromatic carbocycles. The third kappa shape index (κ3) is 5.35. The maximum Gasteiger partial charge on any atom is 0.271 e. The smallest absolute Gasteiger partial charge is 0.271 e. The van der Waals surface area contributed by atoms with Crippen LogP contribution in [0.25, 0.3) is 5.69 Å². The van der Waals surface area contributed by atoms with E-state index < -0.39 is 0 Å². The number of benzene rings is 3. The quantitative estimate of drug-likeness (QED) is 0.285. The van der Waals surface area contributed by atoms with E-state index in [2.05, 4.69) is 41.1 Å². The summed E-state index contributed by atoms with van der Waals surface area (Å²) in [6, 6.07) is 27.0. The second-order valence-corrected chi connectivity index (χ2v) is 7.88. The number of aromatic nitrogens is 1. The van der Waals surface area contributed by atoms with Crippen molar-refractivity contribution in [2.45, 2.75) is 20.5 Å². The number of rotatable bonds is 8. The van der Waals surface area contributed by atoms with E-state index in [-0.39, 0.29) is 5.91 Å². The van der Waals surface area contributed by atoms with Crippen LogP contribution >= 0.6 is 0 Å². The minimum absolute atomic E-state index is 0.280. The first-order valence-electron chi connectivity index (χ1n) is 11.0. The van der Waals surface area contributed by atoms with Gasteiger partial charge in [0.05, 0.1) is 13.3 Å². The molecule has 0 aliphatic heterocycles. The van der Waals surface area contributed by atoms with Crippen LogP contribution < -0.4 is 14.9 Å². The average molecular weight is 454 g/mol. The molecule has 0 atom stereocenters. The highest BCUT2D eigenvalue weighted by Gasteiger charge is 2.08. The van der Waals surface area contributed by atoms with Crippen molar-refractivity contribution in [1.82, 2.24) is 9.99 Å². The van der Waals surface area contributed by atoms with Gasteiger partial charge < -0.3 is 14.0 Å². The Kier molecular flexibility index (Phi) is 7.08. The normalized spacial score (nSPS) is 10.9. The van der Waals surface area contributed by atoms with Crippen LogP contribution in [0.4, 0.5) is 0 Å². The number of amides is 1. The molecule has 1 heterocycles. The Balaban J connectivity index is 1.40. The summed E-state index contributed by atoms with van der Waals surface area (Å²) < 4.78 is 13.5. The fourth-order valence-corrected chi connectivity index (χ4v) is 3.69. The number of nitrogens with one attached hydrogen (secondary N) is 1. The van der Waals surface area contributed by atoms with E-state index in [1.54, 1.807) is 25.5 Å². The molecule has 6 heteroatoms. The average Bonchev–Trinajstić information content (AvgIpc) is 3.21. The maximum atomic E-state index is 12.5. The zero-order chi connectivity index (χ0) is 23.9.